The van der Waals surface area contributed by atoms with E-state index < -0.39 is 0 Å². The molecule has 0 heteroatoms. The van der Waals surface area contributed by atoms with Crippen molar-refractivity contribution >= 4 is 6.08 Å². The predicted octanol–water partition coefficient (Wildman–Crippen LogP) is 5.70. The van der Waals surface area contributed by atoms with Gasteiger partial charge in [-0.3, -0.25) is 0 Å². The van der Waals surface area contributed by atoms with Gasteiger partial charge in [-0.1, -0.05) is 79.6 Å². The van der Waals surface area contributed by atoms with Crippen molar-refractivity contribution in [3.05, 3.63) is 77.4 Å². The van der Waals surface area contributed by atoms with Gasteiger partial charge in [-0.05, 0) is 42.5 Å². The van der Waals surface area contributed by atoms with Crippen LogP contribution in [0.3, 0.4) is 0 Å². The third-order valence-corrected chi connectivity index (χ3v) is 4.29. The lowest BCUT2D eigenvalue weighted by atomic mass is 9.83. The highest BCUT2D eigenvalue weighted by molar-refractivity contribution is 5.60. The van der Waals surface area contributed by atoms with Crippen LogP contribution in [0.2, 0.25) is 0 Å². The molecule has 0 saturated heterocycles. The summed E-state index contributed by atoms with van der Waals surface area (Å²) in [5.41, 5.74) is 3.65. The van der Waals surface area contributed by atoms with E-state index in [1.54, 1.807) is 0 Å². The first-order valence-electron chi connectivity index (χ1n) is 8.25. The molecule has 0 nitrogen and oxygen atoms in total. The highest BCUT2D eigenvalue weighted by atomic mass is 14.2. The first-order valence-corrected chi connectivity index (χ1v) is 8.25. The fourth-order valence-corrected chi connectivity index (χ4v) is 3.06. The molecule has 0 amide bonds. The molecule has 0 radical (unpaired) electrons. The van der Waals surface area contributed by atoms with E-state index in [2.05, 4.69) is 60.4 Å². The van der Waals surface area contributed by atoms with Crippen molar-refractivity contribution < 1.29 is 0 Å². The zero-order valence-corrected chi connectivity index (χ0v) is 13.0. The Kier molecular flexibility index (Phi) is 5.11. The Morgan fingerprint density at radius 3 is 2.14 bits per heavy atom. The molecule has 1 aliphatic rings. The van der Waals surface area contributed by atoms with Crippen LogP contribution < -0.4 is 0 Å². The number of allylic oxidation sites excluding steroid dienone is 1. The quantitative estimate of drug-likeness (QED) is 0.621. The summed E-state index contributed by atoms with van der Waals surface area (Å²) in [6.07, 6.45) is 8.89. The van der Waals surface area contributed by atoms with Gasteiger partial charge in [0.15, 0.2) is 0 Å². The van der Waals surface area contributed by atoms with Gasteiger partial charge in [0, 0.05) is 11.1 Å². The second-order valence-corrected chi connectivity index (χ2v) is 5.96. The summed E-state index contributed by atoms with van der Waals surface area (Å²) in [5.74, 6) is 7.44. The van der Waals surface area contributed by atoms with Crippen LogP contribution in [-0.2, 0) is 0 Å². The van der Waals surface area contributed by atoms with Crippen molar-refractivity contribution in [3.8, 4) is 11.8 Å². The lowest BCUT2D eigenvalue weighted by Gasteiger charge is -2.21. The Labute approximate surface area is 133 Å². The molecule has 2 aromatic rings. The van der Waals surface area contributed by atoms with E-state index in [9.17, 15) is 0 Å². The molecule has 1 fully saturated rings. The van der Waals surface area contributed by atoms with E-state index in [0.717, 1.165) is 5.56 Å². The summed E-state index contributed by atoms with van der Waals surface area (Å²) in [7, 11) is 0. The van der Waals surface area contributed by atoms with E-state index in [-0.39, 0.29) is 0 Å². The van der Waals surface area contributed by atoms with Crippen LogP contribution >= 0.6 is 0 Å². The average molecular weight is 286 g/mol. The third kappa shape index (κ3) is 4.12. The van der Waals surface area contributed by atoms with Gasteiger partial charge in [0.1, 0.15) is 0 Å². The van der Waals surface area contributed by atoms with E-state index in [4.69, 9.17) is 0 Å². The smallest absolute Gasteiger partial charge is 0.0248 e. The second kappa shape index (κ2) is 7.66. The Balaban J connectivity index is 1.89. The topological polar surface area (TPSA) is 0 Å². The minimum atomic E-state index is 0.630. The van der Waals surface area contributed by atoms with Crippen LogP contribution in [0.15, 0.2) is 66.2 Å². The number of rotatable bonds is 2. The third-order valence-electron chi connectivity index (χ3n) is 4.29. The largest absolute Gasteiger partial charge is 0.0658 e. The predicted molar refractivity (Wildman–Crippen MR) is 94.3 cm³/mol. The van der Waals surface area contributed by atoms with E-state index in [0.29, 0.717) is 5.92 Å². The molecule has 0 bridgehead atoms. The van der Waals surface area contributed by atoms with Crippen molar-refractivity contribution in [3.63, 3.8) is 0 Å². The molecule has 0 aliphatic heterocycles. The van der Waals surface area contributed by atoms with E-state index in [1.807, 2.05) is 18.2 Å². The maximum absolute atomic E-state index is 3.47. The summed E-state index contributed by atoms with van der Waals surface area (Å²) in [6, 6.07) is 20.8. The van der Waals surface area contributed by atoms with Crippen LogP contribution in [-0.4, -0.2) is 0 Å². The van der Waals surface area contributed by atoms with Gasteiger partial charge in [-0.2, -0.15) is 0 Å². The number of hydrogen-bond donors (Lipinski definition) is 0. The van der Waals surface area contributed by atoms with E-state index in [1.165, 1.54) is 43.2 Å². The SMILES string of the molecule is C(#Cc1ccccc1)/C(=C\c1ccccc1)C1CCCCC1. The number of hydrogen-bond acceptors (Lipinski definition) is 0. The van der Waals surface area contributed by atoms with Crippen LogP contribution in [0.4, 0.5) is 0 Å². The van der Waals surface area contributed by atoms with Crippen molar-refractivity contribution in [2.24, 2.45) is 5.92 Å². The highest BCUT2D eigenvalue weighted by Crippen LogP contribution is 2.30. The summed E-state index contributed by atoms with van der Waals surface area (Å²) in [6.45, 7) is 0. The van der Waals surface area contributed by atoms with Gasteiger partial charge in [0.05, 0.1) is 0 Å². The van der Waals surface area contributed by atoms with Gasteiger partial charge in [-0.15, -0.1) is 0 Å². The van der Waals surface area contributed by atoms with Crippen LogP contribution in [0.1, 0.15) is 43.2 Å². The highest BCUT2D eigenvalue weighted by Gasteiger charge is 2.16. The maximum Gasteiger partial charge on any atom is 0.0248 e. The molecule has 110 valence electrons. The zero-order chi connectivity index (χ0) is 15.0. The average Bonchev–Trinajstić information content (AvgIpc) is 2.61. The Morgan fingerprint density at radius 1 is 0.818 bits per heavy atom. The number of benzene rings is 2. The molecule has 0 atom stereocenters. The molecule has 1 saturated carbocycles. The molecule has 1 aliphatic carbocycles. The minimum Gasteiger partial charge on any atom is -0.0658 e. The summed E-state index contributed by atoms with van der Waals surface area (Å²) >= 11 is 0. The molecule has 0 unspecified atom stereocenters. The second-order valence-electron chi connectivity index (χ2n) is 5.96. The fraction of sp³-hybridized carbons (Fsp3) is 0.273. The van der Waals surface area contributed by atoms with Crippen molar-refractivity contribution in [2.75, 3.05) is 0 Å². The lowest BCUT2D eigenvalue weighted by Crippen LogP contribution is -2.08. The summed E-state index contributed by atoms with van der Waals surface area (Å²) < 4.78 is 0. The van der Waals surface area contributed by atoms with Gasteiger partial charge in [0.2, 0.25) is 0 Å². The molecular weight excluding hydrogens is 264 g/mol. The molecule has 0 spiro atoms. The van der Waals surface area contributed by atoms with Gasteiger partial charge in [0.25, 0.3) is 0 Å². The van der Waals surface area contributed by atoms with Crippen molar-refractivity contribution in [1.82, 2.24) is 0 Å². The lowest BCUT2D eigenvalue weighted by molar-refractivity contribution is 0.411. The minimum absolute atomic E-state index is 0.630. The normalized spacial score (nSPS) is 15.9. The molecule has 22 heavy (non-hydrogen) atoms. The monoisotopic (exact) mass is 286 g/mol. The van der Waals surface area contributed by atoms with E-state index >= 15 is 0 Å². The van der Waals surface area contributed by atoms with Crippen LogP contribution in [0.25, 0.3) is 6.08 Å². The van der Waals surface area contributed by atoms with Gasteiger partial charge < -0.3 is 0 Å². The summed E-state index contributed by atoms with van der Waals surface area (Å²) in [5, 5.41) is 0. The summed E-state index contributed by atoms with van der Waals surface area (Å²) in [4.78, 5) is 0. The van der Waals surface area contributed by atoms with Crippen molar-refractivity contribution in [1.29, 1.82) is 0 Å². The molecule has 0 N–H and O–H groups in total. The molecule has 2 aromatic carbocycles. The zero-order valence-electron chi connectivity index (χ0n) is 13.0. The Morgan fingerprint density at radius 2 is 1.45 bits per heavy atom. The standard InChI is InChI=1S/C22H22/c1-4-10-19(11-5-1)16-17-22(21-14-8-3-9-15-21)18-20-12-6-2-7-13-20/h1-2,4-7,10-13,18,21H,3,8-9,14-15H2/b22-18+. The van der Waals surface area contributed by atoms with Crippen molar-refractivity contribution in [2.45, 2.75) is 32.1 Å². The Bertz CT molecular complexity index is 662. The molecule has 3 rings (SSSR count). The fourth-order valence-electron chi connectivity index (χ4n) is 3.06. The van der Waals surface area contributed by atoms with Crippen LogP contribution in [0, 0.1) is 17.8 Å². The molecule has 0 heterocycles. The molecule has 0 aromatic heterocycles. The van der Waals surface area contributed by atoms with Gasteiger partial charge >= 0.3 is 0 Å². The van der Waals surface area contributed by atoms with Gasteiger partial charge in [-0.25, -0.2) is 0 Å². The van der Waals surface area contributed by atoms with Crippen LogP contribution in [0.5, 0.6) is 0 Å². The molecular formula is C22H22. The first-order chi connectivity index (χ1) is 10.9. The first kappa shape index (κ1) is 14.7. The maximum atomic E-state index is 3.47. The Hall–Kier alpha value is -2.26.